The van der Waals surface area contributed by atoms with Crippen molar-refractivity contribution in [3.63, 3.8) is 0 Å². The molecule has 0 unspecified atom stereocenters. The lowest BCUT2D eigenvalue weighted by molar-refractivity contribution is 0.394. The summed E-state index contributed by atoms with van der Waals surface area (Å²) >= 11 is 0. The van der Waals surface area contributed by atoms with Crippen LogP contribution in [-0.2, 0) is 0 Å². The molecule has 0 aliphatic carbocycles. The van der Waals surface area contributed by atoms with E-state index in [0.29, 0.717) is 0 Å². The molecule has 0 aliphatic rings. The predicted octanol–water partition coefficient (Wildman–Crippen LogP) is 4.69. The molecule has 2 aromatic heterocycles. The number of ether oxygens (including phenoxy) is 2. The second-order valence-corrected chi connectivity index (χ2v) is 5.71. The summed E-state index contributed by atoms with van der Waals surface area (Å²) in [6.07, 6.45) is 2.02. The Morgan fingerprint density at radius 3 is 2.12 bits per heavy atom. The second kappa shape index (κ2) is 6.32. The first kappa shape index (κ1) is 15.3. The van der Waals surface area contributed by atoms with E-state index in [0.717, 1.165) is 39.7 Å². The average molecular weight is 330 g/mol. The molecule has 2 aromatic carbocycles. The molecule has 0 bridgehead atoms. The van der Waals surface area contributed by atoms with E-state index >= 15 is 0 Å². The normalized spacial score (nSPS) is 10.8. The molecule has 0 saturated carbocycles. The van der Waals surface area contributed by atoms with Crippen LogP contribution < -0.4 is 9.47 Å². The van der Waals surface area contributed by atoms with E-state index in [9.17, 15) is 0 Å². The maximum atomic E-state index is 5.41. The van der Waals surface area contributed by atoms with Gasteiger partial charge in [-0.2, -0.15) is 0 Å². The summed E-state index contributed by atoms with van der Waals surface area (Å²) in [6.45, 7) is 0. The van der Waals surface area contributed by atoms with Gasteiger partial charge in [0.2, 0.25) is 0 Å². The van der Waals surface area contributed by atoms with E-state index in [4.69, 9.17) is 14.5 Å². The van der Waals surface area contributed by atoms with Gasteiger partial charge in [-0.05, 0) is 24.3 Å². The van der Waals surface area contributed by atoms with Crippen LogP contribution in [0.5, 0.6) is 11.5 Å². The van der Waals surface area contributed by atoms with Gasteiger partial charge in [0.15, 0.2) is 0 Å². The molecule has 0 aliphatic heterocycles. The van der Waals surface area contributed by atoms with E-state index in [1.165, 1.54) is 0 Å². The molecule has 124 valence electrons. The maximum Gasteiger partial charge on any atom is 0.145 e. The topological polar surface area (TPSA) is 35.8 Å². The number of aromatic nitrogens is 2. The quantitative estimate of drug-likeness (QED) is 0.545. The van der Waals surface area contributed by atoms with Crippen LogP contribution in [0, 0.1) is 0 Å². The zero-order chi connectivity index (χ0) is 17.2. The zero-order valence-electron chi connectivity index (χ0n) is 14.1. The van der Waals surface area contributed by atoms with Crippen LogP contribution in [0.1, 0.15) is 0 Å². The molecule has 0 radical (unpaired) electrons. The zero-order valence-corrected chi connectivity index (χ0v) is 14.1. The SMILES string of the molecule is COc1cc(OC)cc(-c2nc(-c3ccccc3)c3ccccn23)c1. The van der Waals surface area contributed by atoms with Crippen LogP contribution in [0.3, 0.4) is 0 Å². The molecule has 0 amide bonds. The Labute approximate surface area is 146 Å². The number of pyridine rings is 1. The Morgan fingerprint density at radius 2 is 1.44 bits per heavy atom. The molecule has 4 nitrogen and oxygen atoms in total. The van der Waals surface area contributed by atoms with Crippen molar-refractivity contribution < 1.29 is 9.47 Å². The van der Waals surface area contributed by atoms with E-state index in [-0.39, 0.29) is 0 Å². The van der Waals surface area contributed by atoms with Crippen molar-refractivity contribution in [3.05, 3.63) is 72.9 Å². The van der Waals surface area contributed by atoms with Gasteiger partial charge in [0, 0.05) is 23.4 Å². The number of nitrogens with zero attached hydrogens (tertiary/aromatic N) is 2. The molecule has 25 heavy (non-hydrogen) atoms. The third kappa shape index (κ3) is 2.72. The van der Waals surface area contributed by atoms with E-state index < -0.39 is 0 Å². The first-order chi connectivity index (χ1) is 12.3. The Balaban J connectivity index is 1.98. The van der Waals surface area contributed by atoms with Gasteiger partial charge >= 0.3 is 0 Å². The lowest BCUT2D eigenvalue weighted by atomic mass is 10.1. The van der Waals surface area contributed by atoms with Crippen LogP contribution >= 0.6 is 0 Å². The Kier molecular flexibility index (Phi) is 3.86. The molecule has 4 heteroatoms. The summed E-state index contributed by atoms with van der Waals surface area (Å²) in [5, 5.41) is 0. The maximum absolute atomic E-state index is 5.41. The number of benzene rings is 2. The van der Waals surface area contributed by atoms with Crippen molar-refractivity contribution in [2.75, 3.05) is 14.2 Å². The van der Waals surface area contributed by atoms with Crippen molar-refractivity contribution in [2.24, 2.45) is 0 Å². The average Bonchev–Trinajstić information content (AvgIpc) is 3.08. The lowest BCUT2D eigenvalue weighted by Crippen LogP contribution is -1.92. The number of hydrogen-bond acceptors (Lipinski definition) is 3. The van der Waals surface area contributed by atoms with Crippen molar-refractivity contribution >= 4 is 5.52 Å². The van der Waals surface area contributed by atoms with Crippen LogP contribution in [-0.4, -0.2) is 23.6 Å². The molecule has 4 rings (SSSR count). The molecule has 0 spiro atoms. The lowest BCUT2D eigenvalue weighted by Gasteiger charge is -2.08. The summed E-state index contributed by atoms with van der Waals surface area (Å²) in [6, 6.07) is 22.1. The third-order valence-electron chi connectivity index (χ3n) is 4.21. The minimum absolute atomic E-state index is 0.739. The minimum atomic E-state index is 0.739. The molecule has 0 N–H and O–H groups in total. The first-order valence-corrected chi connectivity index (χ1v) is 8.06. The summed E-state index contributed by atoms with van der Waals surface area (Å²) in [7, 11) is 3.30. The van der Waals surface area contributed by atoms with Gasteiger partial charge in [0.25, 0.3) is 0 Å². The third-order valence-corrected chi connectivity index (χ3v) is 4.21. The smallest absolute Gasteiger partial charge is 0.145 e. The van der Waals surface area contributed by atoms with Gasteiger partial charge in [-0.25, -0.2) is 4.98 Å². The molecule has 0 atom stereocenters. The largest absolute Gasteiger partial charge is 0.497 e. The van der Waals surface area contributed by atoms with Gasteiger partial charge in [0.05, 0.1) is 25.4 Å². The molecular formula is C21H18N2O2. The summed E-state index contributed by atoms with van der Waals surface area (Å²) in [5.41, 5.74) is 4.05. The fraction of sp³-hybridized carbons (Fsp3) is 0.0952. The van der Waals surface area contributed by atoms with Crippen LogP contribution in [0.15, 0.2) is 72.9 Å². The molecule has 0 saturated heterocycles. The fourth-order valence-corrected chi connectivity index (χ4v) is 2.99. The summed E-state index contributed by atoms with van der Waals surface area (Å²) in [4.78, 5) is 4.93. The van der Waals surface area contributed by atoms with Crippen LogP contribution in [0.2, 0.25) is 0 Å². The highest BCUT2D eigenvalue weighted by Crippen LogP contribution is 2.33. The van der Waals surface area contributed by atoms with E-state index in [1.807, 2.05) is 54.7 Å². The van der Waals surface area contributed by atoms with Gasteiger partial charge in [-0.3, -0.25) is 4.40 Å². The highest BCUT2D eigenvalue weighted by molar-refractivity contribution is 5.81. The Bertz CT molecular complexity index is 1000. The van der Waals surface area contributed by atoms with Crippen molar-refractivity contribution in [1.82, 2.24) is 9.38 Å². The molecule has 0 fully saturated rings. The molecule has 4 aromatic rings. The summed E-state index contributed by atoms with van der Waals surface area (Å²) < 4.78 is 12.9. The Hall–Kier alpha value is -3.27. The van der Waals surface area contributed by atoms with Gasteiger partial charge in [-0.15, -0.1) is 0 Å². The van der Waals surface area contributed by atoms with Gasteiger partial charge in [0.1, 0.15) is 17.3 Å². The van der Waals surface area contributed by atoms with Crippen molar-refractivity contribution in [3.8, 4) is 34.1 Å². The van der Waals surface area contributed by atoms with Crippen LogP contribution in [0.25, 0.3) is 28.2 Å². The highest BCUT2D eigenvalue weighted by Gasteiger charge is 2.15. The second-order valence-electron chi connectivity index (χ2n) is 5.71. The van der Waals surface area contributed by atoms with E-state index in [1.54, 1.807) is 14.2 Å². The van der Waals surface area contributed by atoms with Gasteiger partial charge in [-0.1, -0.05) is 36.4 Å². The van der Waals surface area contributed by atoms with Crippen molar-refractivity contribution in [1.29, 1.82) is 0 Å². The monoisotopic (exact) mass is 330 g/mol. The number of rotatable bonds is 4. The fourth-order valence-electron chi connectivity index (χ4n) is 2.99. The van der Waals surface area contributed by atoms with Crippen LogP contribution in [0.4, 0.5) is 0 Å². The standard InChI is InChI=1S/C21H18N2O2/c1-24-17-12-16(13-18(14-17)25-2)21-22-20(15-8-4-3-5-9-15)19-10-6-7-11-23(19)21/h3-14H,1-2H3. The number of imidazole rings is 1. The molecular weight excluding hydrogens is 312 g/mol. The number of fused-ring (bicyclic) bond motifs is 1. The minimum Gasteiger partial charge on any atom is -0.497 e. The number of methoxy groups -OCH3 is 2. The number of hydrogen-bond donors (Lipinski definition) is 0. The van der Waals surface area contributed by atoms with Gasteiger partial charge < -0.3 is 9.47 Å². The Morgan fingerprint density at radius 1 is 0.760 bits per heavy atom. The highest BCUT2D eigenvalue weighted by atomic mass is 16.5. The predicted molar refractivity (Wildman–Crippen MR) is 99.2 cm³/mol. The summed E-state index contributed by atoms with van der Waals surface area (Å²) in [5.74, 6) is 2.33. The first-order valence-electron chi connectivity index (χ1n) is 8.06. The van der Waals surface area contributed by atoms with E-state index in [2.05, 4.69) is 22.6 Å². The molecule has 2 heterocycles. The van der Waals surface area contributed by atoms with Crippen molar-refractivity contribution in [2.45, 2.75) is 0 Å².